The third kappa shape index (κ3) is 3.58. The molecular weight excluding hydrogens is 304 g/mol. The number of aliphatic hydroxyl groups is 1. The summed E-state index contributed by atoms with van der Waals surface area (Å²) in [7, 11) is 0. The summed E-state index contributed by atoms with van der Waals surface area (Å²) in [6.07, 6.45) is 0. The summed E-state index contributed by atoms with van der Waals surface area (Å²) in [5, 5.41) is 9.06. The van der Waals surface area contributed by atoms with Gasteiger partial charge in [-0.25, -0.2) is 0 Å². The van der Waals surface area contributed by atoms with Crippen LogP contribution in [0.4, 0.5) is 0 Å². The molecule has 0 aromatic heterocycles. The van der Waals surface area contributed by atoms with Gasteiger partial charge in [-0.3, -0.25) is 0 Å². The number of aliphatic hydroxyl groups excluding tert-OH is 1. The van der Waals surface area contributed by atoms with Gasteiger partial charge in [0.2, 0.25) is 0 Å². The average Bonchev–Trinajstić information content (AvgIpc) is 2.41. The van der Waals surface area contributed by atoms with E-state index in [0.717, 1.165) is 21.3 Å². The molecule has 2 rings (SSSR count). The molecule has 0 aliphatic rings. The van der Waals surface area contributed by atoms with Crippen LogP contribution in [0.25, 0.3) is 0 Å². The second-order valence-corrected chi connectivity index (χ2v) is 5.48. The molecule has 0 heterocycles. The summed E-state index contributed by atoms with van der Waals surface area (Å²) >= 11 is 3.45. The lowest BCUT2D eigenvalue weighted by atomic mass is 10.1. The van der Waals surface area contributed by atoms with Gasteiger partial charge in [0.15, 0.2) is 0 Å². The van der Waals surface area contributed by atoms with E-state index in [0.29, 0.717) is 6.61 Å². The van der Waals surface area contributed by atoms with Crippen molar-refractivity contribution in [2.45, 2.75) is 27.1 Å². The lowest BCUT2D eigenvalue weighted by Crippen LogP contribution is -1.97. The first kappa shape index (κ1) is 14.1. The van der Waals surface area contributed by atoms with Crippen LogP contribution in [-0.2, 0) is 13.2 Å². The maximum atomic E-state index is 9.06. The highest BCUT2D eigenvalue weighted by Gasteiger charge is 2.03. The quantitative estimate of drug-likeness (QED) is 0.917. The Morgan fingerprint density at radius 2 is 1.74 bits per heavy atom. The third-order valence-corrected chi connectivity index (χ3v) is 3.76. The van der Waals surface area contributed by atoms with Gasteiger partial charge in [0.05, 0.1) is 11.1 Å². The Kier molecular flexibility index (Phi) is 4.61. The van der Waals surface area contributed by atoms with Crippen LogP contribution < -0.4 is 4.74 Å². The highest BCUT2D eigenvalue weighted by atomic mass is 79.9. The van der Waals surface area contributed by atoms with E-state index in [1.54, 1.807) is 0 Å². The van der Waals surface area contributed by atoms with Crippen molar-refractivity contribution in [1.82, 2.24) is 0 Å². The fourth-order valence-corrected chi connectivity index (χ4v) is 2.35. The fraction of sp³-hybridized carbons (Fsp3) is 0.250. The molecule has 3 heteroatoms. The summed E-state index contributed by atoms with van der Waals surface area (Å²) in [5.74, 6) is 0.787. The van der Waals surface area contributed by atoms with Crippen molar-refractivity contribution in [3.05, 3.63) is 63.1 Å². The molecule has 2 aromatic rings. The topological polar surface area (TPSA) is 29.5 Å². The number of hydrogen-bond acceptors (Lipinski definition) is 2. The van der Waals surface area contributed by atoms with Crippen LogP contribution in [0.3, 0.4) is 0 Å². The molecule has 0 saturated carbocycles. The molecule has 2 aromatic carbocycles. The average molecular weight is 321 g/mol. The van der Waals surface area contributed by atoms with Gasteiger partial charge in [-0.2, -0.15) is 0 Å². The number of halogens is 1. The lowest BCUT2D eigenvalue weighted by molar-refractivity contribution is 0.280. The Bertz CT molecular complexity index is 579. The van der Waals surface area contributed by atoms with Gasteiger partial charge in [0, 0.05) is 0 Å². The Morgan fingerprint density at radius 1 is 1.00 bits per heavy atom. The molecule has 0 spiro atoms. The second kappa shape index (κ2) is 6.22. The molecule has 2 nitrogen and oxygen atoms in total. The van der Waals surface area contributed by atoms with Crippen LogP contribution in [0.2, 0.25) is 0 Å². The molecule has 0 unspecified atom stereocenters. The minimum Gasteiger partial charge on any atom is -0.488 e. The van der Waals surface area contributed by atoms with Crippen LogP contribution in [-0.4, -0.2) is 5.11 Å². The van der Waals surface area contributed by atoms with E-state index in [4.69, 9.17) is 9.84 Å². The van der Waals surface area contributed by atoms with Gasteiger partial charge in [-0.1, -0.05) is 24.3 Å². The van der Waals surface area contributed by atoms with Crippen molar-refractivity contribution in [1.29, 1.82) is 0 Å². The molecule has 0 fully saturated rings. The van der Waals surface area contributed by atoms with Crippen molar-refractivity contribution in [3.8, 4) is 5.75 Å². The van der Waals surface area contributed by atoms with E-state index >= 15 is 0 Å². The van der Waals surface area contributed by atoms with Gasteiger partial charge < -0.3 is 9.84 Å². The van der Waals surface area contributed by atoms with Crippen LogP contribution in [0, 0.1) is 13.8 Å². The van der Waals surface area contributed by atoms with Crippen molar-refractivity contribution in [3.63, 3.8) is 0 Å². The van der Waals surface area contributed by atoms with Gasteiger partial charge in [0.1, 0.15) is 12.4 Å². The first-order valence-electron chi connectivity index (χ1n) is 6.18. The Morgan fingerprint density at radius 3 is 2.37 bits per heavy atom. The minimum absolute atomic E-state index is 0.0377. The first-order valence-corrected chi connectivity index (χ1v) is 6.97. The number of benzene rings is 2. The predicted molar refractivity (Wildman–Crippen MR) is 80.3 cm³/mol. The van der Waals surface area contributed by atoms with Crippen LogP contribution in [0.1, 0.15) is 22.3 Å². The SMILES string of the molecule is Cc1ccc(COc2ccc(CO)cc2Br)cc1C. The standard InChI is InChI=1S/C16H17BrO2/c1-11-3-4-14(7-12(11)2)10-19-16-6-5-13(9-18)8-15(16)17/h3-8,18H,9-10H2,1-2H3. The highest BCUT2D eigenvalue weighted by Crippen LogP contribution is 2.27. The van der Waals surface area contributed by atoms with Gasteiger partial charge >= 0.3 is 0 Å². The number of ether oxygens (including phenoxy) is 1. The second-order valence-electron chi connectivity index (χ2n) is 4.63. The van der Waals surface area contributed by atoms with Crippen molar-refractivity contribution >= 4 is 15.9 Å². The van der Waals surface area contributed by atoms with Gasteiger partial charge in [-0.15, -0.1) is 0 Å². The minimum atomic E-state index is 0.0377. The smallest absolute Gasteiger partial charge is 0.134 e. The first-order chi connectivity index (χ1) is 9.10. The van der Waals surface area contributed by atoms with E-state index in [9.17, 15) is 0 Å². The summed E-state index contributed by atoms with van der Waals surface area (Å²) in [5.41, 5.74) is 4.58. The van der Waals surface area contributed by atoms with E-state index in [1.165, 1.54) is 11.1 Å². The highest BCUT2D eigenvalue weighted by molar-refractivity contribution is 9.10. The molecule has 1 N–H and O–H groups in total. The molecule has 0 aliphatic carbocycles. The van der Waals surface area contributed by atoms with E-state index in [1.807, 2.05) is 18.2 Å². The number of aryl methyl sites for hydroxylation is 2. The van der Waals surface area contributed by atoms with Gasteiger partial charge in [0.25, 0.3) is 0 Å². The molecule has 0 bridgehead atoms. The Labute approximate surface area is 122 Å². The lowest BCUT2D eigenvalue weighted by Gasteiger charge is -2.10. The zero-order chi connectivity index (χ0) is 13.8. The molecule has 100 valence electrons. The van der Waals surface area contributed by atoms with Crippen LogP contribution in [0.5, 0.6) is 5.75 Å². The summed E-state index contributed by atoms with van der Waals surface area (Å²) < 4.78 is 6.65. The largest absolute Gasteiger partial charge is 0.488 e. The monoisotopic (exact) mass is 320 g/mol. The van der Waals surface area contributed by atoms with Crippen molar-refractivity contribution < 1.29 is 9.84 Å². The zero-order valence-electron chi connectivity index (χ0n) is 11.1. The molecular formula is C16H17BrO2. The Balaban J connectivity index is 2.07. The number of hydrogen-bond donors (Lipinski definition) is 1. The number of rotatable bonds is 4. The molecule has 0 radical (unpaired) electrons. The van der Waals surface area contributed by atoms with Crippen LogP contribution in [0.15, 0.2) is 40.9 Å². The molecule has 0 amide bonds. The van der Waals surface area contributed by atoms with Crippen molar-refractivity contribution in [2.24, 2.45) is 0 Å². The van der Waals surface area contributed by atoms with E-state index in [2.05, 4.69) is 48.0 Å². The van der Waals surface area contributed by atoms with Crippen molar-refractivity contribution in [2.75, 3.05) is 0 Å². The maximum Gasteiger partial charge on any atom is 0.134 e. The van der Waals surface area contributed by atoms with E-state index < -0.39 is 0 Å². The summed E-state index contributed by atoms with van der Waals surface area (Å²) in [4.78, 5) is 0. The molecule has 19 heavy (non-hydrogen) atoms. The third-order valence-electron chi connectivity index (χ3n) is 3.14. The summed E-state index contributed by atoms with van der Waals surface area (Å²) in [6, 6.07) is 11.9. The summed E-state index contributed by atoms with van der Waals surface area (Å²) in [6.45, 7) is 4.78. The normalized spacial score (nSPS) is 10.5. The fourth-order valence-electron chi connectivity index (χ4n) is 1.81. The molecule has 0 saturated heterocycles. The van der Waals surface area contributed by atoms with Crippen LogP contribution >= 0.6 is 15.9 Å². The zero-order valence-corrected chi connectivity index (χ0v) is 12.7. The molecule has 0 atom stereocenters. The molecule has 0 aliphatic heterocycles. The van der Waals surface area contributed by atoms with Gasteiger partial charge in [-0.05, 0) is 64.2 Å². The predicted octanol–water partition coefficient (Wildman–Crippen LogP) is 4.14. The Hall–Kier alpha value is -1.32. The maximum absolute atomic E-state index is 9.06. The van der Waals surface area contributed by atoms with E-state index in [-0.39, 0.29) is 6.61 Å².